The maximum absolute atomic E-state index is 11.0. The monoisotopic (exact) mass is 388 g/mol. The fourth-order valence-corrected chi connectivity index (χ4v) is 2.63. The highest BCUT2D eigenvalue weighted by Gasteiger charge is 2.23. The van der Waals surface area contributed by atoms with Crippen molar-refractivity contribution in [3.8, 4) is 17.2 Å². The van der Waals surface area contributed by atoms with Crippen LogP contribution in [0.3, 0.4) is 0 Å². The lowest BCUT2D eigenvalue weighted by Crippen LogP contribution is -2.33. The number of nitro groups is 1. The predicted octanol–water partition coefficient (Wildman–Crippen LogP) is 4.59. The van der Waals surface area contributed by atoms with Gasteiger partial charge in [-0.1, -0.05) is 13.0 Å². The number of primary amides is 1. The molecule has 8 heteroatoms. The van der Waals surface area contributed by atoms with E-state index in [1.807, 2.05) is 19.1 Å². The van der Waals surface area contributed by atoms with Crippen LogP contribution in [-0.2, 0) is 11.2 Å². The normalized spacial score (nSPS) is 11.0. The summed E-state index contributed by atoms with van der Waals surface area (Å²) >= 11 is 0. The quantitative estimate of drug-likeness (QED) is 0.496. The second-order valence-corrected chi connectivity index (χ2v) is 6.84. The van der Waals surface area contributed by atoms with Crippen molar-refractivity contribution in [2.75, 3.05) is 6.61 Å². The number of carbonyl (C=O) groups is 1. The molecule has 8 nitrogen and oxygen atoms in total. The molecule has 2 aromatic carbocycles. The minimum atomic E-state index is -0.828. The van der Waals surface area contributed by atoms with Gasteiger partial charge in [-0.2, -0.15) is 0 Å². The van der Waals surface area contributed by atoms with Crippen LogP contribution >= 0.6 is 0 Å². The van der Waals surface area contributed by atoms with E-state index in [1.54, 1.807) is 19.9 Å². The fourth-order valence-electron chi connectivity index (χ4n) is 2.63. The van der Waals surface area contributed by atoms with Gasteiger partial charge in [-0.25, -0.2) is 4.79 Å². The van der Waals surface area contributed by atoms with Crippen LogP contribution in [0.2, 0.25) is 0 Å². The average Bonchev–Trinajstić information content (AvgIpc) is 2.60. The number of nitrogens with two attached hydrogens (primary N) is 1. The molecule has 0 heterocycles. The lowest BCUT2D eigenvalue weighted by Gasteiger charge is -2.24. The Kier molecular flexibility index (Phi) is 6.81. The van der Waals surface area contributed by atoms with Gasteiger partial charge in [-0.05, 0) is 50.1 Å². The molecule has 0 saturated carbocycles. The number of hydrogen-bond acceptors (Lipinski definition) is 6. The third-order valence-electron chi connectivity index (χ3n) is 3.75. The molecule has 2 rings (SSSR count). The number of non-ortho nitro benzene ring substituents is 1. The topological polar surface area (TPSA) is 114 Å². The number of benzene rings is 2. The summed E-state index contributed by atoms with van der Waals surface area (Å²) < 4.78 is 16.8. The molecule has 150 valence electrons. The molecule has 0 unspecified atom stereocenters. The Hall–Kier alpha value is -3.29. The molecule has 0 atom stereocenters. The average molecular weight is 388 g/mol. The van der Waals surface area contributed by atoms with Crippen molar-refractivity contribution < 1.29 is 23.9 Å². The first-order chi connectivity index (χ1) is 13.2. The molecule has 28 heavy (non-hydrogen) atoms. The van der Waals surface area contributed by atoms with E-state index in [4.69, 9.17) is 19.9 Å². The Morgan fingerprint density at radius 1 is 1.14 bits per heavy atom. The zero-order chi connectivity index (χ0) is 20.7. The van der Waals surface area contributed by atoms with Gasteiger partial charge in [-0.3, -0.25) is 10.1 Å². The maximum atomic E-state index is 11.0. The highest BCUT2D eigenvalue weighted by molar-refractivity contribution is 5.65. The second-order valence-electron chi connectivity index (χ2n) is 6.84. The maximum Gasteiger partial charge on any atom is 0.405 e. The summed E-state index contributed by atoms with van der Waals surface area (Å²) in [6, 6.07) is 11.2. The first-order valence-electron chi connectivity index (χ1n) is 8.86. The Bertz CT molecular complexity index is 833. The summed E-state index contributed by atoms with van der Waals surface area (Å²) in [5.74, 6) is 1.48. The van der Waals surface area contributed by atoms with Crippen LogP contribution in [0.5, 0.6) is 17.2 Å². The summed E-state index contributed by atoms with van der Waals surface area (Å²) in [4.78, 5) is 21.3. The van der Waals surface area contributed by atoms with Crippen LogP contribution in [0, 0.1) is 10.1 Å². The van der Waals surface area contributed by atoms with Gasteiger partial charge in [0.15, 0.2) is 11.5 Å². The highest BCUT2D eigenvalue weighted by Crippen LogP contribution is 2.34. The lowest BCUT2D eigenvalue weighted by molar-refractivity contribution is -0.384. The molecular weight excluding hydrogens is 364 g/mol. The van der Waals surface area contributed by atoms with Gasteiger partial charge < -0.3 is 19.9 Å². The Morgan fingerprint density at radius 2 is 1.82 bits per heavy atom. The summed E-state index contributed by atoms with van der Waals surface area (Å²) in [6.07, 6.45) is 0.429. The molecule has 0 spiro atoms. The summed E-state index contributed by atoms with van der Waals surface area (Å²) in [5.41, 5.74) is 5.22. The number of hydrogen-bond donors (Lipinski definition) is 1. The van der Waals surface area contributed by atoms with E-state index in [9.17, 15) is 14.9 Å². The van der Waals surface area contributed by atoms with Crippen molar-refractivity contribution in [2.45, 2.75) is 39.2 Å². The van der Waals surface area contributed by atoms with Gasteiger partial charge >= 0.3 is 6.09 Å². The predicted molar refractivity (Wildman–Crippen MR) is 104 cm³/mol. The first kappa shape index (κ1) is 21.0. The van der Waals surface area contributed by atoms with Crippen molar-refractivity contribution in [2.24, 2.45) is 5.73 Å². The minimum absolute atomic E-state index is 0.0122. The number of rotatable bonds is 9. The van der Waals surface area contributed by atoms with Crippen LogP contribution < -0.4 is 15.2 Å². The van der Waals surface area contributed by atoms with Gasteiger partial charge in [-0.15, -0.1) is 0 Å². The summed E-state index contributed by atoms with van der Waals surface area (Å²) in [7, 11) is 0. The molecule has 0 bridgehead atoms. The van der Waals surface area contributed by atoms with Crippen molar-refractivity contribution in [3.63, 3.8) is 0 Å². The number of ether oxygens (including phenoxy) is 3. The van der Waals surface area contributed by atoms with Crippen LogP contribution in [0.1, 0.15) is 32.8 Å². The van der Waals surface area contributed by atoms with Crippen LogP contribution in [-0.4, -0.2) is 23.2 Å². The smallest absolute Gasteiger partial charge is 0.405 e. The molecule has 0 aliphatic carbocycles. The summed E-state index contributed by atoms with van der Waals surface area (Å²) in [6.45, 7) is 6.03. The molecule has 0 saturated heterocycles. The third kappa shape index (κ3) is 6.15. The van der Waals surface area contributed by atoms with E-state index in [2.05, 4.69) is 0 Å². The largest absolute Gasteiger partial charge is 0.490 e. The van der Waals surface area contributed by atoms with Crippen LogP contribution in [0.4, 0.5) is 10.5 Å². The Labute approximate surface area is 163 Å². The van der Waals surface area contributed by atoms with E-state index in [-0.39, 0.29) is 5.69 Å². The number of carbonyl (C=O) groups excluding carboxylic acids is 1. The molecular formula is C20H24N2O6. The molecule has 0 aliphatic heterocycles. The third-order valence-corrected chi connectivity index (χ3v) is 3.75. The van der Waals surface area contributed by atoms with Gasteiger partial charge in [0, 0.05) is 18.6 Å². The molecule has 0 aromatic heterocycles. The number of nitrogens with zero attached hydrogens (tertiary/aromatic N) is 1. The zero-order valence-electron chi connectivity index (χ0n) is 16.1. The van der Waals surface area contributed by atoms with Gasteiger partial charge in [0.25, 0.3) is 5.69 Å². The molecule has 2 aromatic rings. The van der Waals surface area contributed by atoms with Crippen molar-refractivity contribution in [1.82, 2.24) is 0 Å². The van der Waals surface area contributed by atoms with Crippen LogP contribution in [0.25, 0.3) is 0 Å². The first-order valence-corrected chi connectivity index (χ1v) is 8.86. The van der Waals surface area contributed by atoms with E-state index >= 15 is 0 Å². The SMILES string of the molecule is CCCOc1cc(CC(C)(C)OC(N)=O)ccc1Oc1ccc([N+](=O)[O-])cc1. The Balaban J connectivity index is 2.23. The van der Waals surface area contributed by atoms with Gasteiger partial charge in [0.1, 0.15) is 11.4 Å². The summed E-state index contributed by atoms with van der Waals surface area (Å²) in [5, 5.41) is 10.8. The lowest BCUT2D eigenvalue weighted by atomic mass is 9.98. The molecule has 0 aliphatic rings. The molecule has 0 fully saturated rings. The van der Waals surface area contributed by atoms with E-state index < -0.39 is 16.6 Å². The fraction of sp³-hybridized carbons (Fsp3) is 0.350. The van der Waals surface area contributed by atoms with Crippen molar-refractivity contribution in [3.05, 3.63) is 58.1 Å². The van der Waals surface area contributed by atoms with E-state index in [1.165, 1.54) is 24.3 Å². The molecule has 0 radical (unpaired) electrons. The zero-order valence-corrected chi connectivity index (χ0v) is 16.1. The second kappa shape index (κ2) is 9.07. The van der Waals surface area contributed by atoms with Crippen LogP contribution in [0.15, 0.2) is 42.5 Å². The number of nitro benzene ring substituents is 1. The standard InChI is InChI=1S/C20H24N2O6/c1-4-11-26-18-12-14(13-20(2,3)28-19(21)23)5-10-17(18)27-16-8-6-15(7-9-16)22(24)25/h5-10,12H,4,11,13H2,1-3H3,(H2,21,23). The minimum Gasteiger partial charge on any atom is -0.490 e. The van der Waals surface area contributed by atoms with Gasteiger partial charge in [0.05, 0.1) is 11.5 Å². The molecule has 1 amide bonds. The Morgan fingerprint density at radius 3 is 2.39 bits per heavy atom. The molecule has 2 N–H and O–H groups in total. The van der Waals surface area contributed by atoms with Crippen molar-refractivity contribution in [1.29, 1.82) is 0 Å². The highest BCUT2D eigenvalue weighted by atomic mass is 16.6. The van der Waals surface area contributed by atoms with Crippen molar-refractivity contribution >= 4 is 11.8 Å². The van der Waals surface area contributed by atoms with Gasteiger partial charge in [0.2, 0.25) is 0 Å². The van der Waals surface area contributed by atoms with E-state index in [0.29, 0.717) is 30.3 Å². The number of amides is 1. The van der Waals surface area contributed by atoms with E-state index in [0.717, 1.165) is 12.0 Å².